The third-order valence-corrected chi connectivity index (χ3v) is 4.32. The molecule has 1 aliphatic heterocycles. The zero-order valence-electron chi connectivity index (χ0n) is 15.5. The van der Waals surface area contributed by atoms with Crippen molar-refractivity contribution in [1.29, 1.82) is 0 Å². The van der Waals surface area contributed by atoms with Gasteiger partial charge in [-0.15, -0.1) is 0 Å². The lowest BCUT2D eigenvalue weighted by Crippen LogP contribution is -2.23. The number of carbonyl (C=O) groups excluding carboxylic acids is 1. The molecule has 1 amide bonds. The Kier molecular flexibility index (Phi) is 5.78. The molecule has 2 aromatic rings. The Balaban J connectivity index is 1.73. The lowest BCUT2D eigenvalue weighted by molar-refractivity contribution is 0.0950. The summed E-state index contributed by atoms with van der Waals surface area (Å²) < 4.78 is 16.7. The molecule has 0 bridgehead atoms. The number of hydrogen-bond donors (Lipinski definition) is 1. The number of ether oxygens (including phenoxy) is 3. The number of rotatable bonds is 7. The largest absolute Gasteiger partial charge is 0.494 e. The molecule has 2 aromatic carbocycles. The third-order valence-electron chi connectivity index (χ3n) is 4.32. The monoisotopic (exact) mass is 355 g/mol. The highest BCUT2D eigenvalue weighted by molar-refractivity contribution is 5.94. The van der Waals surface area contributed by atoms with Crippen LogP contribution in [0.1, 0.15) is 40.9 Å². The Hall–Kier alpha value is -2.53. The summed E-state index contributed by atoms with van der Waals surface area (Å²) in [7, 11) is 1.64. The van der Waals surface area contributed by atoms with Crippen molar-refractivity contribution in [2.75, 3.05) is 13.7 Å². The first-order chi connectivity index (χ1) is 12.6. The predicted octanol–water partition coefficient (Wildman–Crippen LogP) is 3.49. The molecule has 1 heterocycles. The first-order valence-corrected chi connectivity index (χ1v) is 8.92. The van der Waals surface area contributed by atoms with E-state index < -0.39 is 0 Å². The molecular weight excluding hydrogens is 330 g/mol. The molecule has 26 heavy (non-hydrogen) atoms. The van der Waals surface area contributed by atoms with Crippen LogP contribution < -0.4 is 14.8 Å². The van der Waals surface area contributed by atoms with Crippen LogP contribution in [0.5, 0.6) is 11.5 Å². The molecule has 5 heteroatoms. The van der Waals surface area contributed by atoms with Crippen LogP contribution in [0, 0.1) is 0 Å². The van der Waals surface area contributed by atoms with Gasteiger partial charge < -0.3 is 19.5 Å². The quantitative estimate of drug-likeness (QED) is 0.826. The van der Waals surface area contributed by atoms with Gasteiger partial charge in [0.1, 0.15) is 17.6 Å². The van der Waals surface area contributed by atoms with E-state index in [9.17, 15) is 4.79 Å². The first-order valence-electron chi connectivity index (χ1n) is 8.92. The zero-order valence-corrected chi connectivity index (χ0v) is 15.5. The summed E-state index contributed by atoms with van der Waals surface area (Å²) in [6.07, 6.45) is 1.06. The van der Waals surface area contributed by atoms with Gasteiger partial charge in [-0.05, 0) is 43.7 Å². The number of fused-ring (bicyclic) bond motifs is 1. The summed E-state index contributed by atoms with van der Waals surface area (Å²) in [4.78, 5) is 12.5. The Morgan fingerprint density at radius 1 is 1.31 bits per heavy atom. The maximum Gasteiger partial charge on any atom is 0.251 e. The van der Waals surface area contributed by atoms with Crippen molar-refractivity contribution in [1.82, 2.24) is 5.32 Å². The molecule has 0 radical (unpaired) electrons. The van der Waals surface area contributed by atoms with Gasteiger partial charge in [0, 0.05) is 36.8 Å². The van der Waals surface area contributed by atoms with Crippen LogP contribution in [-0.4, -0.2) is 25.7 Å². The van der Waals surface area contributed by atoms with Gasteiger partial charge in [-0.3, -0.25) is 4.79 Å². The van der Waals surface area contributed by atoms with Crippen LogP contribution in [0.25, 0.3) is 0 Å². The Labute approximate surface area is 154 Å². The van der Waals surface area contributed by atoms with Gasteiger partial charge in [-0.25, -0.2) is 0 Å². The van der Waals surface area contributed by atoms with Gasteiger partial charge in [-0.2, -0.15) is 0 Å². The topological polar surface area (TPSA) is 56.8 Å². The third kappa shape index (κ3) is 4.17. The highest BCUT2D eigenvalue weighted by atomic mass is 16.5. The molecule has 0 saturated heterocycles. The van der Waals surface area contributed by atoms with Crippen molar-refractivity contribution in [3.8, 4) is 11.5 Å². The van der Waals surface area contributed by atoms with Gasteiger partial charge in [0.25, 0.3) is 5.91 Å². The number of carbonyl (C=O) groups is 1. The minimum atomic E-state index is -0.125. The molecule has 3 rings (SSSR count). The van der Waals surface area contributed by atoms with E-state index in [4.69, 9.17) is 14.2 Å². The summed E-state index contributed by atoms with van der Waals surface area (Å²) in [5, 5.41) is 2.97. The SMILES string of the molecule is CCOc1cc2c(cc1CNC(=O)c1cccc(COC)c1)O[C@H](C)C2. The molecule has 0 spiro atoms. The smallest absolute Gasteiger partial charge is 0.251 e. The number of amides is 1. The summed E-state index contributed by atoms with van der Waals surface area (Å²) in [5.74, 6) is 1.56. The molecule has 0 saturated carbocycles. The second kappa shape index (κ2) is 8.23. The Bertz CT molecular complexity index is 788. The van der Waals surface area contributed by atoms with E-state index in [-0.39, 0.29) is 12.0 Å². The average Bonchev–Trinajstić information content (AvgIpc) is 2.99. The van der Waals surface area contributed by atoms with E-state index >= 15 is 0 Å². The molecule has 1 aliphatic rings. The molecular formula is C21H25NO4. The van der Waals surface area contributed by atoms with Gasteiger partial charge >= 0.3 is 0 Å². The first kappa shape index (κ1) is 18.3. The van der Waals surface area contributed by atoms with E-state index in [2.05, 4.69) is 12.2 Å². The summed E-state index contributed by atoms with van der Waals surface area (Å²) in [6, 6.07) is 11.4. The van der Waals surface area contributed by atoms with Crippen molar-refractivity contribution < 1.29 is 19.0 Å². The van der Waals surface area contributed by atoms with Crippen LogP contribution in [-0.2, 0) is 24.3 Å². The van der Waals surface area contributed by atoms with E-state index in [0.717, 1.165) is 34.6 Å². The fourth-order valence-corrected chi connectivity index (χ4v) is 3.16. The van der Waals surface area contributed by atoms with E-state index in [0.29, 0.717) is 25.3 Å². The molecule has 1 N–H and O–H groups in total. The zero-order chi connectivity index (χ0) is 18.5. The summed E-state index contributed by atoms with van der Waals surface area (Å²) in [5.41, 5.74) is 3.66. The highest BCUT2D eigenvalue weighted by Crippen LogP contribution is 2.35. The second-order valence-electron chi connectivity index (χ2n) is 6.45. The second-order valence-corrected chi connectivity index (χ2v) is 6.45. The summed E-state index contributed by atoms with van der Waals surface area (Å²) >= 11 is 0. The number of hydrogen-bond acceptors (Lipinski definition) is 4. The van der Waals surface area contributed by atoms with E-state index in [1.54, 1.807) is 13.2 Å². The Morgan fingerprint density at radius 2 is 2.15 bits per heavy atom. The van der Waals surface area contributed by atoms with Crippen LogP contribution in [0.4, 0.5) is 0 Å². The molecule has 138 valence electrons. The molecule has 5 nitrogen and oxygen atoms in total. The van der Waals surface area contributed by atoms with E-state index in [1.807, 2.05) is 37.3 Å². The molecule has 0 aliphatic carbocycles. The van der Waals surface area contributed by atoms with Gasteiger partial charge in [0.2, 0.25) is 0 Å². The van der Waals surface area contributed by atoms with Crippen LogP contribution >= 0.6 is 0 Å². The van der Waals surface area contributed by atoms with Crippen molar-refractivity contribution in [2.45, 2.75) is 39.5 Å². The van der Waals surface area contributed by atoms with Gasteiger partial charge in [0.05, 0.1) is 13.2 Å². The molecule has 0 aromatic heterocycles. The van der Waals surface area contributed by atoms with Gasteiger partial charge in [-0.1, -0.05) is 12.1 Å². The number of nitrogens with one attached hydrogen (secondary N) is 1. The van der Waals surface area contributed by atoms with Crippen molar-refractivity contribution in [3.05, 3.63) is 58.7 Å². The molecule has 0 fully saturated rings. The standard InChI is InChI=1S/C21H25NO4/c1-4-25-19-10-17-8-14(2)26-20(17)11-18(19)12-22-21(23)16-7-5-6-15(9-16)13-24-3/h5-7,9-11,14H,4,8,12-13H2,1-3H3,(H,22,23)/t14-/m1/s1. The van der Waals surface area contributed by atoms with Crippen LogP contribution in [0.2, 0.25) is 0 Å². The number of benzene rings is 2. The lowest BCUT2D eigenvalue weighted by atomic mass is 10.1. The van der Waals surface area contributed by atoms with Crippen LogP contribution in [0.3, 0.4) is 0 Å². The lowest BCUT2D eigenvalue weighted by Gasteiger charge is -2.13. The fraction of sp³-hybridized carbons (Fsp3) is 0.381. The minimum Gasteiger partial charge on any atom is -0.494 e. The van der Waals surface area contributed by atoms with Crippen molar-refractivity contribution in [3.63, 3.8) is 0 Å². The normalized spacial score (nSPS) is 15.3. The minimum absolute atomic E-state index is 0.125. The predicted molar refractivity (Wildman–Crippen MR) is 99.7 cm³/mol. The van der Waals surface area contributed by atoms with E-state index in [1.165, 1.54) is 0 Å². The average molecular weight is 355 g/mol. The van der Waals surface area contributed by atoms with Crippen molar-refractivity contribution >= 4 is 5.91 Å². The maximum absolute atomic E-state index is 12.5. The fourth-order valence-electron chi connectivity index (χ4n) is 3.16. The number of methoxy groups -OCH3 is 1. The maximum atomic E-state index is 12.5. The molecule has 1 atom stereocenters. The highest BCUT2D eigenvalue weighted by Gasteiger charge is 2.22. The van der Waals surface area contributed by atoms with Crippen molar-refractivity contribution in [2.24, 2.45) is 0 Å². The molecule has 0 unspecified atom stereocenters. The summed E-state index contributed by atoms with van der Waals surface area (Å²) in [6.45, 7) is 5.45. The van der Waals surface area contributed by atoms with Crippen LogP contribution in [0.15, 0.2) is 36.4 Å². The Morgan fingerprint density at radius 3 is 2.92 bits per heavy atom. The van der Waals surface area contributed by atoms with Gasteiger partial charge in [0.15, 0.2) is 0 Å².